The van der Waals surface area contributed by atoms with E-state index in [4.69, 9.17) is 14.3 Å². The smallest absolute Gasteiger partial charge is 0.407 e. The molecular formula is C20H24N2O8. The Morgan fingerprint density at radius 2 is 1.67 bits per heavy atom. The number of nitrogens with one attached hydrogen (secondary N) is 1. The van der Waals surface area contributed by atoms with Crippen LogP contribution in [-0.4, -0.2) is 47.1 Å². The predicted molar refractivity (Wildman–Crippen MR) is 101 cm³/mol. The highest BCUT2D eigenvalue weighted by Crippen LogP contribution is 2.22. The Morgan fingerprint density at radius 3 is 2.23 bits per heavy atom. The van der Waals surface area contributed by atoms with Crippen molar-refractivity contribution in [2.45, 2.75) is 51.7 Å². The second kappa shape index (κ2) is 9.86. The number of rotatable bonds is 7. The summed E-state index contributed by atoms with van der Waals surface area (Å²) in [5.41, 5.74) is -0.382. The van der Waals surface area contributed by atoms with Gasteiger partial charge in [0.15, 0.2) is 0 Å². The van der Waals surface area contributed by atoms with Crippen LogP contribution in [0.2, 0.25) is 0 Å². The van der Waals surface area contributed by atoms with Crippen molar-refractivity contribution in [3.8, 4) is 0 Å². The first-order valence-corrected chi connectivity index (χ1v) is 9.35. The minimum Gasteiger partial charge on any atom is -0.445 e. The number of hydrogen-bond acceptors (Lipinski definition) is 8. The fraction of sp³-hybridized carbons (Fsp3) is 0.450. The average molecular weight is 420 g/mol. The molecule has 3 amide bonds. The van der Waals surface area contributed by atoms with Gasteiger partial charge in [0.2, 0.25) is 6.10 Å². The number of amides is 3. The fourth-order valence-corrected chi connectivity index (χ4v) is 2.45. The van der Waals surface area contributed by atoms with Crippen LogP contribution in [0.4, 0.5) is 4.79 Å². The van der Waals surface area contributed by atoms with Crippen molar-refractivity contribution < 1.29 is 38.3 Å². The highest BCUT2D eigenvalue weighted by atomic mass is 16.7. The van der Waals surface area contributed by atoms with Gasteiger partial charge in [0.05, 0.1) is 6.42 Å². The molecule has 0 aliphatic carbocycles. The molecule has 10 heteroatoms. The van der Waals surface area contributed by atoms with Gasteiger partial charge in [0, 0.05) is 24.9 Å². The van der Waals surface area contributed by atoms with E-state index >= 15 is 0 Å². The minimum absolute atomic E-state index is 0.0573. The topological polar surface area (TPSA) is 128 Å². The standard InChI is InChI=1S/C20H24N2O8/c1-20(2,3)29-19(27)21-12-11-16(25)28-17(13-7-5-4-6-8-13)18(26)30-22-14(23)9-10-15(22)24/h4-8,17H,9-12H2,1-3H3,(H,21,27). The number of ether oxygens (including phenoxy) is 2. The highest BCUT2D eigenvalue weighted by Gasteiger charge is 2.36. The van der Waals surface area contributed by atoms with Crippen LogP contribution in [0.15, 0.2) is 30.3 Å². The Morgan fingerprint density at radius 1 is 1.07 bits per heavy atom. The third-order valence-electron chi connectivity index (χ3n) is 3.75. The first-order chi connectivity index (χ1) is 14.1. The van der Waals surface area contributed by atoms with E-state index in [1.54, 1.807) is 39.0 Å². The summed E-state index contributed by atoms with van der Waals surface area (Å²) in [7, 11) is 0. The molecule has 0 radical (unpaired) electrons. The molecule has 1 saturated heterocycles. The predicted octanol–water partition coefficient (Wildman–Crippen LogP) is 1.79. The summed E-state index contributed by atoms with van der Waals surface area (Å²) < 4.78 is 10.3. The molecule has 2 rings (SSSR count). The van der Waals surface area contributed by atoms with Gasteiger partial charge in [0.1, 0.15) is 5.60 Å². The zero-order valence-corrected chi connectivity index (χ0v) is 17.0. The maximum atomic E-state index is 12.5. The molecule has 0 spiro atoms. The lowest BCUT2D eigenvalue weighted by molar-refractivity contribution is -0.206. The summed E-state index contributed by atoms with van der Waals surface area (Å²) in [6.45, 7) is 5.03. The normalized spacial score (nSPS) is 14.8. The molecule has 1 N–H and O–H groups in total. The van der Waals surface area contributed by atoms with Crippen molar-refractivity contribution in [1.82, 2.24) is 10.4 Å². The Balaban J connectivity index is 1.97. The van der Waals surface area contributed by atoms with Crippen LogP contribution >= 0.6 is 0 Å². The van der Waals surface area contributed by atoms with Crippen molar-refractivity contribution in [3.63, 3.8) is 0 Å². The van der Waals surface area contributed by atoms with Crippen LogP contribution in [0, 0.1) is 0 Å². The van der Waals surface area contributed by atoms with Crippen LogP contribution in [0.3, 0.4) is 0 Å². The Kier molecular flexibility index (Phi) is 7.51. The molecule has 1 unspecified atom stereocenters. The highest BCUT2D eigenvalue weighted by molar-refractivity contribution is 6.01. The lowest BCUT2D eigenvalue weighted by atomic mass is 10.1. The van der Waals surface area contributed by atoms with Crippen molar-refractivity contribution >= 4 is 29.8 Å². The summed E-state index contributed by atoms with van der Waals surface area (Å²) in [6, 6.07) is 8.02. The number of hydroxylamine groups is 2. The Hall–Kier alpha value is -3.43. The van der Waals surface area contributed by atoms with Crippen molar-refractivity contribution in [1.29, 1.82) is 0 Å². The second-order valence-corrected chi connectivity index (χ2v) is 7.45. The zero-order valence-electron chi connectivity index (χ0n) is 17.0. The summed E-state index contributed by atoms with van der Waals surface area (Å²) in [5, 5.41) is 2.79. The molecule has 30 heavy (non-hydrogen) atoms. The molecule has 1 aliphatic heterocycles. The van der Waals surface area contributed by atoms with E-state index in [1.807, 2.05) is 0 Å². The van der Waals surface area contributed by atoms with Crippen molar-refractivity contribution in [2.24, 2.45) is 0 Å². The first-order valence-electron chi connectivity index (χ1n) is 9.35. The van der Waals surface area contributed by atoms with E-state index in [2.05, 4.69) is 5.32 Å². The third kappa shape index (κ3) is 6.87. The van der Waals surface area contributed by atoms with Gasteiger partial charge in [-0.05, 0) is 20.8 Å². The largest absolute Gasteiger partial charge is 0.445 e. The molecule has 10 nitrogen and oxygen atoms in total. The van der Waals surface area contributed by atoms with Gasteiger partial charge in [-0.1, -0.05) is 30.3 Å². The van der Waals surface area contributed by atoms with Gasteiger partial charge in [-0.15, -0.1) is 5.06 Å². The molecule has 1 heterocycles. The number of carbonyl (C=O) groups excluding carboxylic acids is 5. The van der Waals surface area contributed by atoms with Gasteiger partial charge < -0.3 is 19.6 Å². The number of esters is 1. The van der Waals surface area contributed by atoms with E-state index in [1.165, 1.54) is 12.1 Å². The molecule has 1 atom stereocenters. The van der Waals surface area contributed by atoms with E-state index in [0.717, 1.165) is 0 Å². The van der Waals surface area contributed by atoms with Crippen LogP contribution in [0.5, 0.6) is 0 Å². The molecule has 1 fully saturated rings. The van der Waals surface area contributed by atoms with Crippen molar-refractivity contribution in [3.05, 3.63) is 35.9 Å². The molecule has 0 saturated carbocycles. The number of alkyl carbamates (subject to hydrolysis) is 1. The zero-order chi connectivity index (χ0) is 22.3. The Labute approximate surface area is 173 Å². The van der Waals surface area contributed by atoms with Gasteiger partial charge in [-0.3, -0.25) is 14.4 Å². The van der Waals surface area contributed by atoms with E-state index < -0.39 is 41.6 Å². The lowest BCUT2D eigenvalue weighted by Gasteiger charge is -2.20. The second-order valence-electron chi connectivity index (χ2n) is 7.45. The quantitative estimate of drug-likeness (QED) is 0.522. The number of nitrogens with zero attached hydrogens (tertiary/aromatic N) is 1. The van der Waals surface area contributed by atoms with Gasteiger partial charge in [-0.25, -0.2) is 9.59 Å². The minimum atomic E-state index is -1.48. The number of benzene rings is 1. The summed E-state index contributed by atoms with van der Waals surface area (Å²) in [6.07, 6.45) is -2.53. The number of carbonyl (C=O) groups is 5. The maximum Gasteiger partial charge on any atom is 0.407 e. The molecule has 0 aromatic heterocycles. The van der Waals surface area contributed by atoms with E-state index in [-0.39, 0.29) is 25.8 Å². The average Bonchev–Trinajstić information content (AvgIpc) is 2.97. The maximum absolute atomic E-state index is 12.5. The fourth-order valence-electron chi connectivity index (χ4n) is 2.45. The van der Waals surface area contributed by atoms with Gasteiger partial charge in [0.25, 0.3) is 11.8 Å². The van der Waals surface area contributed by atoms with Gasteiger partial charge in [-0.2, -0.15) is 0 Å². The summed E-state index contributed by atoms with van der Waals surface area (Å²) in [4.78, 5) is 64.6. The van der Waals surface area contributed by atoms with Crippen molar-refractivity contribution in [2.75, 3.05) is 6.54 Å². The van der Waals surface area contributed by atoms with E-state index in [0.29, 0.717) is 10.6 Å². The van der Waals surface area contributed by atoms with Crippen LogP contribution in [-0.2, 0) is 33.5 Å². The van der Waals surface area contributed by atoms with Gasteiger partial charge >= 0.3 is 18.0 Å². The van der Waals surface area contributed by atoms with E-state index in [9.17, 15) is 24.0 Å². The van der Waals surface area contributed by atoms with Crippen LogP contribution in [0.25, 0.3) is 0 Å². The van der Waals surface area contributed by atoms with Crippen LogP contribution in [0.1, 0.15) is 51.7 Å². The SMILES string of the molecule is CC(C)(C)OC(=O)NCCC(=O)OC(C(=O)ON1C(=O)CCC1=O)c1ccccc1. The monoisotopic (exact) mass is 420 g/mol. The third-order valence-corrected chi connectivity index (χ3v) is 3.75. The Bertz CT molecular complexity index is 800. The molecule has 1 aliphatic rings. The molecule has 1 aromatic rings. The summed E-state index contributed by atoms with van der Waals surface area (Å²) in [5.74, 6) is -3.17. The lowest BCUT2D eigenvalue weighted by Crippen LogP contribution is -2.36. The van der Waals surface area contributed by atoms with Crippen LogP contribution < -0.4 is 5.32 Å². The number of imide groups is 1. The molecule has 0 bridgehead atoms. The molecule has 1 aromatic carbocycles. The molecular weight excluding hydrogens is 396 g/mol. The molecule has 162 valence electrons. The summed E-state index contributed by atoms with van der Waals surface area (Å²) >= 11 is 0. The first kappa shape index (κ1) is 22.9. The number of hydrogen-bond donors (Lipinski definition) is 1.